The molecule has 1 aromatic heterocycles. The van der Waals surface area contributed by atoms with Gasteiger partial charge in [0.05, 0.1) is 0 Å². The Morgan fingerprint density at radius 2 is 1.19 bits per heavy atom. The Morgan fingerprint density at radius 1 is 0.688 bits per heavy atom. The highest BCUT2D eigenvalue weighted by atomic mass is 32.1. The molecular weight excluding hydrogens is 634 g/mol. The second kappa shape index (κ2) is 15.6. The number of hydrogen-bond donors (Lipinski definition) is 4. The van der Waals surface area contributed by atoms with E-state index >= 15 is 0 Å². The third-order valence-corrected chi connectivity index (χ3v) is 8.55. The predicted octanol–water partition coefficient (Wildman–Crippen LogP) is 5.36. The van der Waals surface area contributed by atoms with E-state index in [2.05, 4.69) is 79.0 Å². The number of aliphatic carboxylic acids is 2. The summed E-state index contributed by atoms with van der Waals surface area (Å²) in [5, 5.41) is 44.4. The van der Waals surface area contributed by atoms with Gasteiger partial charge in [-0.15, -0.1) is 11.3 Å². The summed E-state index contributed by atoms with van der Waals surface area (Å²) in [5.41, 5.74) is -8.68. The molecule has 0 amide bonds. The molecule has 0 saturated carbocycles. The van der Waals surface area contributed by atoms with E-state index in [0.717, 1.165) is 43.0 Å². The van der Waals surface area contributed by atoms with E-state index in [1.165, 1.54) is 52.0 Å². The summed E-state index contributed by atoms with van der Waals surface area (Å²) in [7, 11) is 4.20. The molecule has 0 aliphatic heterocycles. The maximum absolute atomic E-state index is 12.6. The summed E-state index contributed by atoms with van der Waals surface area (Å²) >= 11 is 1.76. The molecule has 0 saturated heterocycles. The van der Waals surface area contributed by atoms with Crippen LogP contribution in [-0.4, -0.2) is 80.7 Å². The van der Waals surface area contributed by atoms with Crippen molar-refractivity contribution in [3.8, 4) is 5.75 Å². The van der Waals surface area contributed by atoms with Gasteiger partial charge in [0.1, 0.15) is 11.9 Å². The monoisotopic (exact) mass is 669 g/mol. The molecule has 4 N–H and O–H groups in total. The molecule has 248 valence electrons. The van der Waals surface area contributed by atoms with Crippen LogP contribution in [0, 0.1) is 0 Å². The van der Waals surface area contributed by atoms with E-state index in [0.29, 0.717) is 0 Å². The number of rotatable bonds is 13. The van der Waals surface area contributed by atoms with Crippen LogP contribution in [0.4, 0.5) is 0 Å². The number of fused-ring (bicyclic) bond motifs is 1. The fourth-order valence-electron chi connectivity index (χ4n) is 4.99. The molecule has 0 radical (unpaired) electrons. The zero-order valence-corrected chi connectivity index (χ0v) is 27.0. The van der Waals surface area contributed by atoms with E-state index in [4.69, 9.17) is 4.74 Å². The fraction of sp³-hybridized carbons (Fsp3) is 0.189. The first-order valence-electron chi connectivity index (χ1n) is 14.8. The van der Waals surface area contributed by atoms with Gasteiger partial charge in [-0.3, -0.25) is 9.59 Å². The lowest BCUT2D eigenvalue weighted by atomic mass is 9.73. The van der Waals surface area contributed by atoms with Crippen molar-refractivity contribution >= 4 is 45.6 Å². The number of ether oxygens (including phenoxy) is 1. The normalized spacial score (nSPS) is 14.1. The maximum Gasteiger partial charge on any atom is 0.348 e. The number of hydrogen-bond acceptors (Lipinski definition) is 9. The number of benzene rings is 4. The largest absolute Gasteiger partial charge is 0.484 e. The summed E-state index contributed by atoms with van der Waals surface area (Å²) < 4.78 is 6.41. The van der Waals surface area contributed by atoms with Gasteiger partial charge in [0.15, 0.2) is 0 Å². The quantitative estimate of drug-likeness (QED) is 0.0949. The van der Waals surface area contributed by atoms with E-state index in [-0.39, 0.29) is 6.10 Å². The third-order valence-electron chi connectivity index (χ3n) is 7.59. The van der Waals surface area contributed by atoms with E-state index in [1.54, 1.807) is 11.3 Å². The highest BCUT2D eigenvalue weighted by molar-refractivity contribution is 7.10. The molecule has 4 aromatic carbocycles. The number of carbonyl (C=O) groups excluding carboxylic acids is 2. The number of carboxylic acids is 2. The summed E-state index contributed by atoms with van der Waals surface area (Å²) in [6.07, 6.45) is 1.09. The number of thiophene rings is 1. The number of carbonyl (C=O) groups is 4. The third kappa shape index (κ3) is 7.50. The molecule has 48 heavy (non-hydrogen) atoms. The Balaban J connectivity index is 0.000000219. The first-order valence-corrected chi connectivity index (χ1v) is 15.7. The van der Waals surface area contributed by atoms with Crippen LogP contribution in [-0.2, 0) is 9.59 Å². The van der Waals surface area contributed by atoms with Crippen molar-refractivity contribution in [2.45, 2.75) is 23.7 Å². The molecule has 5 rings (SSSR count). The molecule has 0 fully saturated rings. The Morgan fingerprint density at radius 3 is 1.67 bits per heavy atom. The summed E-state index contributed by atoms with van der Waals surface area (Å²) in [5.74, 6) is -7.06. The number of aliphatic hydroxyl groups is 2. The Labute approximate surface area is 281 Å². The lowest BCUT2D eigenvalue weighted by molar-refractivity contribution is -0.187. The molecule has 0 aliphatic rings. The first-order chi connectivity index (χ1) is 22.9. The number of carboxylic acid groups (broad SMARTS) is 2. The summed E-state index contributed by atoms with van der Waals surface area (Å²) in [4.78, 5) is 52.0. The Hall–Kier alpha value is -5.20. The van der Waals surface area contributed by atoms with Gasteiger partial charge in [0.2, 0.25) is 11.6 Å². The van der Waals surface area contributed by atoms with Crippen LogP contribution in [0.25, 0.3) is 10.8 Å². The van der Waals surface area contributed by atoms with Crippen molar-refractivity contribution in [2.75, 3.05) is 20.6 Å². The summed E-state index contributed by atoms with van der Waals surface area (Å²) in [6.45, 7) is 1.01. The number of Topliss-reactive ketones (excluding diaryl/α,β-unsaturated/α-hetero) is 2. The van der Waals surface area contributed by atoms with Gasteiger partial charge in [-0.25, -0.2) is 9.59 Å². The number of nitrogens with zero attached hydrogens (tertiary/aromatic N) is 1. The Kier molecular flexibility index (Phi) is 11.6. The predicted molar refractivity (Wildman–Crippen MR) is 182 cm³/mol. The van der Waals surface area contributed by atoms with Gasteiger partial charge < -0.3 is 30.1 Å². The maximum atomic E-state index is 12.6. The molecular formula is C37H35NO9S. The molecule has 0 spiro atoms. The van der Waals surface area contributed by atoms with Crippen molar-refractivity contribution in [1.29, 1.82) is 0 Å². The molecule has 0 bridgehead atoms. The van der Waals surface area contributed by atoms with E-state index in [1.807, 2.05) is 0 Å². The molecule has 5 aromatic rings. The minimum atomic E-state index is -3.95. The van der Waals surface area contributed by atoms with Crippen LogP contribution in [0.2, 0.25) is 0 Å². The molecule has 1 heterocycles. The van der Waals surface area contributed by atoms with Gasteiger partial charge in [0, 0.05) is 34.4 Å². The first kappa shape index (κ1) is 35.7. The standard InChI is InChI=1S/C19H21NOS.C18H14O8/c1-20(2)13-12-18(19-11-6-14-22-19)21-17-10-5-8-15-7-3-4-9-16(15)17;19-13(11-7-3-1-4-8-11)17(25,15(21)22)18(26,16(23)24)14(20)12-9-5-2-6-10-12/h3-11,14,18H,12-13H2,1-2H3;1-10,25-26H,(H,21,22)(H,23,24)/t18-;/m0./s1. The lowest BCUT2D eigenvalue weighted by Gasteiger charge is -2.34. The van der Waals surface area contributed by atoms with Crippen molar-refractivity contribution < 1.29 is 44.3 Å². The second-order valence-electron chi connectivity index (χ2n) is 11.1. The van der Waals surface area contributed by atoms with Gasteiger partial charge in [0.25, 0.3) is 11.2 Å². The molecule has 3 atom stereocenters. The topological polar surface area (TPSA) is 162 Å². The SMILES string of the molecule is CN(C)CC[C@H](Oc1cccc2ccccc12)c1cccs1.O=C(O)C(O)(C(=O)c1ccccc1)C(O)(C(=O)O)C(=O)c1ccccc1. The minimum Gasteiger partial charge on any atom is -0.484 e. The second-order valence-corrected chi connectivity index (χ2v) is 12.1. The minimum absolute atomic E-state index is 0.105. The molecule has 0 aliphatic carbocycles. The lowest BCUT2D eigenvalue weighted by Crippen LogP contribution is -2.71. The Bertz CT molecular complexity index is 1780. The average Bonchev–Trinajstić information content (AvgIpc) is 3.64. The smallest absolute Gasteiger partial charge is 0.348 e. The van der Waals surface area contributed by atoms with Crippen molar-refractivity contribution in [2.24, 2.45) is 0 Å². The van der Waals surface area contributed by atoms with E-state index in [9.17, 15) is 39.6 Å². The zero-order valence-electron chi connectivity index (χ0n) is 26.2. The highest BCUT2D eigenvalue weighted by Gasteiger charge is 2.69. The molecule has 11 heteroatoms. The van der Waals surface area contributed by atoms with Crippen molar-refractivity contribution in [3.05, 3.63) is 137 Å². The van der Waals surface area contributed by atoms with Gasteiger partial charge >= 0.3 is 11.9 Å². The van der Waals surface area contributed by atoms with Crippen LogP contribution in [0.1, 0.15) is 38.1 Å². The highest BCUT2D eigenvalue weighted by Crippen LogP contribution is 2.34. The summed E-state index contributed by atoms with van der Waals surface area (Å²) in [6, 6.07) is 31.7. The van der Waals surface area contributed by atoms with Gasteiger partial charge in [-0.1, -0.05) is 103 Å². The average molecular weight is 670 g/mol. The molecule has 10 nitrogen and oxygen atoms in total. The molecule has 2 unspecified atom stereocenters. The fourth-order valence-corrected chi connectivity index (χ4v) is 5.78. The zero-order chi connectivity index (χ0) is 34.9. The van der Waals surface area contributed by atoms with Crippen LogP contribution >= 0.6 is 11.3 Å². The van der Waals surface area contributed by atoms with E-state index < -0.39 is 45.8 Å². The van der Waals surface area contributed by atoms with Crippen LogP contribution < -0.4 is 4.74 Å². The van der Waals surface area contributed by atoms with Crippen molar-refractivity contribution in [1.82, 2.24) is 4.90 Å². The van der Waals surface area contributed by atoms with Crippen LogP contribution in [0.3, 0.4) is 0 Å². The van der Waals surface area contributed by atoms with Gasteiger partial charge in [-0.05, 0) is 37.0 Å². The number of ketones is 2. The van der Waals surface area contributed by atoms with Crippen LogP contribution in [0.15, 0.2) is 121 Å². The van der Waals surface area contributed by atoms with Gasteiger partial charge in [-0.2, -0.15) is 0 Å². The van der Waals surface area contributed by atoms with Crippen LogP contribution in [0.5, 0.6) is 5.75 Å². The van der Waals surface area contributed by atoms with Crippen molar-refractivity contribution in [3.63, 3.8) is 0 Å².